The molecule has 2 rings (SSSR count). The van der Waals surface area contributed by atoms with Crippen molar-refractivity contribution in [1.29, 1.82) is 0 Å². The standard InChI is InChI=1S/C13H13N5O2/c14-13(16-8-10-4-2-1-3-5-10)17-12-7-6-11(9-15-12)18(19)20/h1-7,9H,8H2,(H3,14,15,16,17). The van der Waals surface area contributed by atoms with Gasteiger partial charge < -0.3 is 11.1 Å². The number of hydrogen-bond acceptors (Lipinski definition) is 4. The van der Waals surface area contributed by atoms with Crippen LogP contribution in [0.4, 0.5) is 11.5 Å². The normalized spacial score (nSPS) is 11.1. The van der Waals surface area contributed by atoms with Crippen molar-refractivity contribution >= 4 is 17.5 Å². The highest BCUT2D eigenvalue weighted by atomic mass is 16.6. The predicted octanol–water partition coefficient (Wildman–Crippen LogP) is 1.92. The first kappa shape index (κ1) is 13.5. The highest BCUT2D eigenvalue weighted by Crippen LogP contribution is 2.11. The van der Waals surface area contributed by atoms with Gasteiger partial charge in [0.15, 0.2) is 5.96 Å². The predicted molar refractivity (Wildman–Crippen MR) is 76.3 cm³/mol. The Morgan fingerprint density at radius 1 is 1.30 bits per heavy atom. The van der Waals surface area contributed by atoms with Crippen LogP contribution in [0, 0.1) is 10.1 Å². The van der Waals surface area contributed by atoms with Gasteiger partial charge in [-0.3, -0.25) is 10.1 Å². The molecule has 0 bridgehead atoms. The molecule has 0 aliphatic rings. The lowest BCUT2D eigenvalue weighted by Crippen LogP contribution is -2.23. The third-order valence-electron chi connectivity index (χ3n) is 2.49. The molecule has 102 valence electrons. The zero-order chi connectivity index (χ0) is 14.4. The number of aliphatic imine (C=N–C) groups is 1. The molecule has 1 heterocycles. The summed E-state index contributed by atoms with van der Waals surface area (Å²) < 4.78 is 0. The van der Waals surface area contributed by atoms with Gasteiger partial charge in [-0.2, -0.15) is 0 Å². The number of benzene rings is 1. The van der Waals surface area contributed by atoms with Crippen LogP contribution in [0.1, 0.15) is 5.56 Å². The monoisotopic (exact) mass is 271 g/mol. The van der Waals surface area contributed by atoms with Crippen LogP contribution >= 0.6 is 0 Å². The van der Waals surface area contributed by atoms with Gasteiger partial charge in [0, 0.05) is 6.07 Å². The maximum absolute atomic E-state index is 10.5. The van der Waals surface area contributed by atoms with Gasteiger partial charge in [-0.1, -0.05) is 30.3 Å². The van der Waals surface area contributed by atoms with Crippen molar-refractivity contribution in [2.24, 2.45) is 10.7 Å². The minimum Gasteiger partial charge on any atom is -0.370 e. The fourth-order valence-corrected chi connectivity index (χ4v) is 1.50. The second-order valence-electron chi connectivity index (χ2n) is 3.97. The minimum absolute atomic E-state index is 0.0738. The van der Waals surface area contributed by atoms with Crippen molar-refractivity contribution in [2.75, 3.05) is 5.32 Å². The second-order valence-corrected chi connectivity index (χ2v) is 3.97. The first-order valence-corrected chi connectivity index (χ1v) is 5.86. The van der Waals surface area contributed by atoms with Gasteiger partial charge in [0.25, 0.3) is 5.69 Å². The van der Waals surface area contributed by atoms with E-state index in [1.54, 1.807) is 0 Å². The fraction of sp³-hybridized carbons (Fsp3) is 0.0769. The lowest BCUT2D eigenvalue weighted by atomic mass is 10.2. The molecule has 0 atom stereocenters. The van der Waals surface area contributed by atoms with E-state index in [9.17, 15) is 10.1 Å². The van der Waals surface area contributed by atoms with Gasteiger partial charge in [-0.15, -0.1) is 0 Å². The third kappa shape index (κ3) is 3.77. The van der Waals surface area contributed by atoms with E-state index >= 15 is 0 Å². The molecule has 7 heteroatoms. The highest BCUT2D eigenvalue weighted by molar-refractivity contribution is 5.91. The Hall–Kier alpha value is -2.96. The number of aromatic nitrogens is 1. The van der Waals surface area contributed by atoms with Crippen LogP contribution < -0.4 is 11.1 Å². The summed E-state index contributed by atoms with van der Waals surface area (Å²) >= 11 is 0. The van der Waals surface area contributed by atoms with Crippen molar-refractivity contribution in [1.82, 2.24) is 4.98 Å². The number of nitrogens with one attached hydrogen (secondary N) is 1. The number of nitrogens with zero attached hydrogens (tertiary/aromatic N) is 3. The van der Waals surface area contributed by atoms with Crippen LogP contribution in [-0.2, 0) is 6.54 Å². The number of pyridine rings is 1. The summed E-state index contributed by atoms with van der Waals surface area (Å²) in [5, 5.41) is 13.3. The van der Waals surface area contributed by atoms with Gasteiger partial charge in [-0.05, 0) is 11.6 Å². The number of anilines is 1. The first-order valence-electron chi connectivity index (χ1n) is 5.86. The molecule has 20 heavy (non-hydrogen) atoms. The summed E-state index contributed by atoms with van der Waals surface area (Å²) in [5.74, 6) is 0.611. The highest BCUT2D eigenvalue weighted by Gasteiger charge is 2.05. The van der Waals surface area contributed by atoms with E-state index in [0.717, 1.165) is 11.8 Å². The summed E-state index contributed by atoms with van der Waals surface area (Å²) in [6.45, 7) is 0.451. The molecule has 0 saturated carbocycles. The van der Waals surface area contributed by atoms with E-state index in [2.05, 4.69) is 15.3 Å². The Morgan fingerprint density at radius 2 is 2.05 bits per heavy atom. The summed E-state index contributed by atoms with van der Waals surface area (Å²) in [5.41, 5.74) is 6.68. The Bertz CT molecular complexity index is 610. The second kappa shape index (κ2) is 6.28. The van der Waals surface area contributed by atoms with Crippen molar-refractivity contribution < 1.29 is 4.92 Å². The number of nitro groups is 1. The Kier molecular flexibility index (Phi) is 4.23. The molecule has 0 aliphatic carbocycles. The molecule has 3 N–H and O–H groups in total. The van der Waals surface area contributed by atoms with Gasteiger partial charge in [-0.25, -0.2) is 9.98 Å². The van der Waals surface area contributed by atoms with Gasteiger partial charge in [0.05, 0.1) is 11.5 Å². The Balaban J connectivity index is 1.97. The van der Waals surface area contributed by atoms with Crippen LogP contribution in [0.5, 0.6) is 0 Å². The number of hydrogen-bond donors (Lipinski definition) is 2. The largest absolute Gasteiger partial charge is 0.370 e. The van der Waals surface area contributed by atoms with E-state index in [1.165, 1.54) is 12.1 Å². The van der Waals surface area contributed by atoms with Gasteiger partial charge >= 0.3 is 0 Å². The molecule has 0 unspecified atom stereocenters. The molecule has 0 fully saturated rings. The molecule has 7 nitrogen and oxygen atoms in total. The van der Waals surface area contributed by atoms with Crippen LogP contribution in [0.25, 0.3) is 0 Å². The maximum atomic E-state index is 10.5. The van der Waals surface area contributed by atoms with E-state index in [-0.39, 0.29) is 11.6 Å². The van der Waals surface area contributed by atoms with Crippen molar-refractivity contribution in [3.63, 3.8) is 0 Å². The summed E-state index contributed by atoms with van der Waals surface area (Å²) in [7, 11) is 0. The summed E-state index contributed by atoms with van der Waals surface area (Å²) in [4.78, 5) is 18.0. The smallest absolute Gasteiger partial charge is 0.287 e. The zero-order valence-corrected chi connectivity index (χ0v) is 10.6. The summed E-state index contributed by atoms with van der Waals surface area (Å²) in [6, 6.07) is 12.5. The van der Waals surface area contributed by atoms with Crippen molar-refractivity contribution in [2.45, 2.75) is 6.54 Å². The molecule has 0 saturated heterocycles. The minimum atomic E-state index is -0.510. The molecule has 0 radical (unpaired) electrons. The molecular weight excluding hydrogens is 258 g/mol. The van der Waals surface area contributed by atoms with Gasteiger partial charge in [0.2, 0.25) is 0 Å². The fourth-order valence-electron chi connectivity index (χ4n) is 1.50. The Labute approximate surface area is 115 Å². The number of guanidine groups is 1. The zero-order valence-electron chi connectivity index (χ0n) is 10.6. The molecular formula is C13H13N5O2. The van der Waals surface area contributed by atoms with Crippen molar-refractivity contribution in [3.05, 3.63) is 64.3 Å². The molecule has 0 aliphatic heterocycles. The third-order valence-corrected chi connectivity index (χ3v) is 2.49. The van der Waals surface area contributed by atoms with Crippen LogP contribution in [0.3, 0.4) is 0 Å². The van der Waals surface area contributed by atoms with Crippen molar-refractivity contribution in [3.8, 4) is 0 Å². The summed E-state index contributed by atoms with van der Waals surface area (Å²) in [6.07, 6.45) is 1.16. The van der Waals surface area contributed by atoms with E-state index in [4.69, 9.17) is 5.73 Å². The average Bonchev–Trinajstić information content (AvgIpc) is 2.47. The molecule has 1 aromatic carbocycles. The van der Waals surface area contributed by atoms with E-state index in [1.807, 2.05) is 30.3 Å². The first-order chi connectivity index (χ1) is 9.65. The lowest BCUT2D eigenvalue weighted by molar-refractivity contribution is -0.385. The van der Waals surface area contributed by atoms with Crippen LogP contribution in [-0.4, -0.2) is 15.9 Å². The average molecular weight is 271 g/mol. The Morgan fingerprint density at radius 3 is 2.65 bits per heavy atom. The molecule has 0 amide bonds. The number of nitrogens with two attached hydrogens (primary N) is 1. The molecule has 2 aromatic rings. The van der Waals surface area contributed by atoms with Crippen LogP contribution in [0.15, 0.2) is 53.7 Å². The molecule has 0 spiro atoms. The quantitative estimate of drug-likeness (QED) is 0.382. The molecule has 1 aromatic heterocycles. The van der Waals surface area contributed by atoms with E-state index < -0.39 is 4.92 Å². The number of rotatable bonds is 4. The maximum Gasteiger partial charge on any atom is 0.287 e. The SMILES string of the molecule is NC(=NCc1ccccc1)Nc1ccc([N+](=O)[O-])cn1. The lowest BCUT2D eigenvalue weighted by Gasteiger charge is -2.04. The van der Waals surface area contributed by atoms with Gasteiger partial charge in [0.1, 0.15) is 12.0 Å². The van der Waals surface area contributed by atoms with Crippen LogP contribution in [0.2, 0.25) is 0 Å². The topological polar surface area (TPSA) is 106 Å². The van der Waals surface area contributed by atoms with E-state index in [0.29, 0.717) is 12.4 Å².